The summed E-state index contributed by atoms with van der Waals surface area (Å²) < 4.78 is 27.6. The summed E-state index contributed by atoms with van der Waals surface area (Å²) in [5, 5.41) is 28.4. The molecule has 0 spiro atoms. The number of aliphatic hydroxyl groups is 1. The Morgan fingerprint density at radius 1 is 0.974 bits per heavy atom. The Hall–Kier alpha value is -2.84. The van der Waals surface area contributed by atoms with Crippen LogP contribution in [0.2, 0.25) is 0 Å². The molecule has 6 nitrogen and oxygen atoms in total. The fourth-order valence-corrected chi connectivity index (χ4v) is 4.60. The summed E-state index contributed by atoms with van der Waals surface area (Å²) >= 11 is 0. The maximum Gasteiger partial charge on any atom is 0.222 e. The number of carbonyl (C=O) groups is 1. The van der Waals surface area contributed by atoms with E-state index < -0.39 is 23.8 Å². The van der Waals surface area contributed by atoms with Gasteiger partial charge in [0.05, 0.1) is 18.0 Å². The van der Waals surface area contributed by atoms with Crippen molar-refractivity contribution in [2.24, 2.45) is 5.92 Å². The van der Waals surface area contributed by atoms with Gasteiger partial charge in [-0.1, -0.05) is 57.9 Å². The number of hydrogen-bond donors (Lipinski definition) is 5. The van der Waals surface area contributed by atoms with E-state index in [1.807, 2.05) is 12.1 Å². The summed E-state index contributed by atoms with van der Waals surface area (Å²) in [6.45, 7) is 7.32. The van der Waals surface area contributed by atoms with Crippen LogP contribution in [0.5, 0.6) is 0 Å². The molecule has 1 amide bonds. The Balaban J connectivity index is 1.97. The Bertz CT molecular complexity index is 991. The molecule has 0 radical (unpaired) electrons. The molecule has 0 aliphatic carbocycles. The summed E-state index contributed by atoms with van der Waals surface area (Å²) in [5.74, 6) is -1.10. The van der Waals surface area contributed by atoms with Gasteiger partial charge in [-0.3, -0.25) is 10.2 Å². The van der Waals surface area contributed by atoms with E-state index in [1.54, 1.807) is 0 Å². The molecule has 0 aliphatic heterocycles. The SMILES string of the molecule is CCCC(CCC)C(=N)NCCC(=O)N[C@@H](Cc1cc(F)cc(F)c1)[C@H](O)CNCc1cccc(CC)c1. The van der Waals surface area contributed by atoms with Crippen LogP contribution >= 0.6 is 0 Å². The number of hydrogen-bond acceptors (Lipinski definition) is 4. The molecule has 2 rings (SSSR count). The van der Waals surface area contributed by atoms with Crippen molar-refractivity contribution in [2.75, 3.05) is 13.1 Å². The Kier molecular flexibility index (Phi) is 13.9. The number of carbonyl (C=O) groups excluding carboxylic acids is 1. The number of aliphatic hydroxyl groups excluding tert-OH is 1. The summed E-state index contributed by atoms with van der Waals surface area (Å²) in [7, 11) is 0. The predicted molar refractivity (Wildman–Crippen MR) is 149 cm³/mol. The first kappa shape index (κ1) is 31.4. The molecule has 0 saturated carbocycles. The molecular weight excluding hydrogens is 486 g/mol. The van der Waals surface area contributed by atoms with Crippen molar-refractivity contribution in [3.63, 3.8) is 0 Å². The van der Waals surface area contributed by atoms with Crippen LogP contribution < -0.4 is 16.0 Å². The molecule has 0 saturated heterocycles. The lowest BCUT2D eigenvalue weighted by Crippen LogP contribution is -2.49. The summed E-state index contributed by atoms with van der Waals surface area (Å²) in [6, 6.07) is 10.6. The number of amides is 1. The lowest BCUT2D eigenvalue weighted by molar-refractivity contribution is -0.122. The van der Waals surface area contributed by atoms with E-state index in [4.69, 9.17) is 5.41 Å². The second-order valence-electron chi connectivity index (χ2n) is 9.89. The largest absolute Gasteiger partial charge is 0.390 e. The third-order valence-corrected chi connectivity index (χ3v) is 6.62. The Labute approximate surface area is 226 Å². The zero-order chi connectivity index (χ0) is 27.9. The molecule has 2 aromatic carbocycles. The van der Waals surface area contributed by atoms with Crippen molar-refractivity contribution in [1.82, 2.24) is 16.0 Å². The highest BCUT2D eigenvalue weighted by Crippen LogP contribution is 2.14. The molecule has 38 heavy (non-hydrogen) atoms. The number of aryl methyl sites for hydroxylation is 1. The average Bonchev–Trinajstić information content (AvgIpc) is 2.87. The fraction of sp³-hybridized carbons (Fsp3) is 0.533. The third-order valence-electron chi connectivity index (χ3n) is 6.62. The van der Waals surface area contributed by atoms with Crippen molar-refractivity contribution in [1.29, 1.82) is 5.41 Å². The minimum Gasteiger partial charge on any atom is -0.390 e. The van der Waals surface area contributed by atoms with E-state index in [0.717, 1.165) is 43.7 Å². The molecule has 0 unspecified atom stereocenters. The minimum absolute atomic E-state index is 0.0763. The van der Waals surface area contributed by atoms with Crippen LogP contribution in [0.25, 0.3) is 0 Å². The molecule has 0 aromatic heterocycles. The third kappa shape index (κ3) is 11.3. The van der Waals surface area contributed by atoms with Crippen LogP contribution in [0.1, 0.15) is 69.6 Å². The number of halogens is 2. The van der Waals surface area contributed by atoms with Gasteiger partial charge in [-0.2, -0.15) is 0 Å². The van der Waals surface area contributed by atoms with E-state index >= 15 is 0 Å². The monoisotopic (exact) mass is 530 g/mol. The van der Waals surface area contributed by atoms with Gasteiger partial charge in [0.15, 0.2) is 0 Å². The first-order chi connectivity index (χ1) is 18.2. The van der Waals surface area contributed by atoms with Crippen molar-refractivity contribution in [3.8, 4) is 0 Å². The molecule has 0 fully saturated rings. The number of amidine groups is 1. The Morgan fingerprint density at radius 3 is 2.26 bits per heavy atom. The molecule has 0 aliphatic rings. The predicted octanol–water partition coefficient (Wildman–Crippen LogP) is 4.88. The molecule has 210 valence electrons. The van der Waals surface area contributed by atoms with E-state index in [9.17, 15) is 18.7 Å². The highest BCUT2D eigenvalue weighted by atomic mass is 19.1. The first-order valence-corrected chi connectivity index (χ1v) is 13.8. The van der Waals surface area contributed by atoms with Crippen molar-refractivity contribution < 1.29 is 18.7 Å². The van der Waals surface area contributed by atoms with Gasteiger partial charge in [-0.15, -0.1) is 0 Å². The normalized spacial score (nSPS) is 12.8. The van der Waals surface area contributed by atoms with Crippen molar-refractivity contribution in [3.05, 3.63) is 70.8 Å². The van der Waals surface area contributed by atoms with Gasteiger partial charge < -0.3 is 21.1 Å². The van der Waals surface area contributed by atoms with Crippen LogP contribution in [0.15, 0.2) is 42.5 Å². The lowest BCUT2D eigenvalue weighted by Gasteiger charge is -2.25. The molecule has 5 N–H and O–H groups in total. The number of benzene rings is 2. The second-order valence-corrected chi connectivity index (χ2v) is 9.89. The molecule has 8 heteroatoms. The van der Waals surface area contributed by atoms with Gasteiger partial charge in [0.1, 0.15) is 11.6 Å². The van der Waals surface area contributed by atoms with Gasteiger partial charge in [-0.25, -0.2) is 8.78 Å². The number of nitrogens with one attached hydrogen (secondary N) is 4. The van der Waals surface area contributed by atoms with Gasteiger partial charge >= 0.3 is 0 Å². The zero-order valence-corrected chi connectivity index (χ0v) is 23.0. The maximum absolute atomic E-state index is 13.8. The Morgan fingerprint density at radius 2 is 1.63 bits per heavy atom. The number of rotatable bonds is 17. The quantitative estimate of drug-likeness (QED) is 0.149. The molecule has 0 heterocycles. The molecule has 2 aromatic rings. The van der Waals surface area contributed by atoms with E-state index in [0.29, 0.717) is 24.5 Å². The molecule has 0 bridgehead atoms. The van der Waals surface area contributed by atoms with Crippen LogP contribution in [0.4, 0.5) is 8.78 Å². The molecule has 2 atom stereocenters. The molecular formula is C30H44F2N4O2. The second kappa shape index (κ2) is 16.9. The van der Waals surface area contributed by atoms with Gasteiger partial charge in [0.2, 0.25) is 5.91 Å². The van der Waals surface area contributed by atoms with Crippen molar-refractivity contribution in [2.45, 2.75) is 84.4 Å². The fourth-order valence-electron chi connectivity index (χ4n) is 4.60. The van der Waals surface area contributed by atoms with Gasteiger partial charge in [0, 0.05) is 38.0 Å². The average molecular weight is 531 g/mol. The van der Waals surface area contributed by atoms with E-state index in [2.05, 4.69) is 48.9 Å². The summed E-state index contributed by atoms with van der Waals surface area (Å²) in [4.78, 5) is 12.7. The van der Waals surface area contributed by atoms with E-state index in [-0.39, 0.29) is 31.2 Å². The van der Waals surface area contributed by atoms with Gasteiger partial charge in [-0.05, 0) is 54.5 Å². The van der Waals surface area contributed by atoms with E-state index in [1.165, 1.54) is 17.7 Å². The first-order valence-electron chi connectivity index (χ1n) is 13.8. The summed E-state index contributed by atoms with van der Waals surface area (Å²) in [6.07, 6.45) is 3.99. The highest BCUT2D eigenvalue weighted by Gasteiger charge is 2.22. The van der Waals surface area contributed by atoms with Crippen molar-refractivity contribution >= 4 is 11.7 Å². The van der Waals surface area contributed by atoms with Crippen LogP contribution in [-0.4, -0.2) is 42.1 Å². The van der Waals surface area contributed by atoms with Crippen LogP contribution in [0, 0.1) is 23.0 Å². The minimum atomic E-state index is -0.982. The zero-order valence-electron chi connectivity index (χ0n) is 23.0. The van der Waals surface area contributed by atoms with Crippen LogP contribution in [0.3, 0.4) is 0 Å². The topological polar surface area (TPSA) is 97.2 Å². The van der Waals surface area contributed by atoms with Crippen LogP contribution in [-0.2, 0) is 24.2 Å². The lowest BCUT2D eigenvalue weighted by atomic mass is 9.97. The standard InChI is InChI=1S/C30H44F2N4O2/c1-4-8-24(9-5-2)30(33)35-13-12-29(38)36-27(17-23-15-25(31)18-26(32)16-23)28(37)20-34-19-22-11-7-10-21(6-3)14-22/h7,10-11,14-16,18,24,27-28,34,37H,4-6,8-9,12-13,17,19-20H2,1-3H3,(H2,33,35)(H,36,38)/t27-,28+/m0/s1. The highest BCUT2D eigenvalue weighted by molar-refractivity contribution is 5.82. The summed E-state index contributed by atoms with van der Waals surface area (Å²) in [5.41, 5.74) is 2.66. The maximum atomic E-state index is 13.8. The smallest absolute Gasteiger partial charge is 0.222 e. The van der Waals surface area contributed by atoms with Gasteiger partial charge in [0.25, 0.3) is 0 Å².